The smallest absolute Gasteiger partial charge is 0.0359 e. The molecule has 1 aromatic rings. The molecule has 1 unspecified atom stereocenters. The van der Waals surface area contributed by atoms with Gasteiger partial charge in [0.15, 0.2) is 0 Å². The number of rotatable bonds is 6. The summed E-state index contributed by atoms with van der Waals surface area (Å²) < 4.78 is 0. The van der Waals surface area contributed by atoms with E-state index in [0.717, 1.165) is 18.8 Å². The molecule has 1 aromatic carbocycles. The summed E-state index contributed by atoms with van der Waals surface area (Å²) in [4.78, 5) is 2.63. The van der Waals surface area contributed by atoms with Crippen molar-refractivity contribution in [2.24, 2.45) is 5.92 Å². The largest absolute Gasteiger partial charge is 0.398 e. The van der Waals surface area contributed by atoms with E-state index in [2.05, 4.69) is 30.1 Å². The summed E-state index contributed by atoms with van der Waals surface area (Å²) in [5.74, 6) is 0.693. The quantitative estimate of drug-likeness (QED) is 0.773. The van der Waals surface area contributed by atoms with Crippen molar-refractivity contribution < 1.29 is 0 Å². The summed E-state index contributed by atoms with van der Waals surface area (Å²) in [6, 6.07) is 8.75. The topological polar surface area (TPSA) is 41.3 Å². The zero-order valence-corrected chi connectivity index (χ0v) is 12.2. The van der Waals surface area contributed by atoms with Gasteiger partial charge < -0.3 is 11.1 Å². The Balaban J connectivity index is 1.84. The van der Waals surface area contributed by atoms with Gasteiger partial charge in [-0.2, -0.15) is 0 Å². The van der Waals surface area contributed by atoms with E-state index in [1.54, 1.807) is 0 Å². The first-order valence-corrected chi connectivity index (χ1v) is 7.46. The third kappa shape index (κ3) is 3.95. The summed E-state index contributed by atoms with van der Waals surface area (Å²) in [5, 5.41) is 3.58. The SMILES string of the molecule is CC(C)C(CNCc1ccccc1N)N1CCCC1. The van der Waals surface area contributed by atoms with Crippen molar-refractivity contribution in [3.8, 4) is 0 Å². The number of hydrogen-bond donors (Lipinski definition) is 2. The maximum atomic E-state index is 5.97. The molecule has 1 atom stereocenters. The molecule has 3 heteroatoms. The average molecular weight is 261 g/mol. The zero-order valence-electron chi connectivity index (χ0n) is 12.2. The van der Waals surface area contributed by atoms with Crippen LogP contribution in [0.15, 0.2) is 24.3 Å². The highest BCUT2D eigenvalue weighted by Crippen LogP contribution is 2.17. The number of likely N-dealkylation sites (tertiary alicyclic amines) is 1. The maximum Gasteiger partial charge on any atom is 0.0359 e. The lowest BCUT2D eigenvalue weighted by Gasteiger charge is -2.31. The van der Waals surface area contributed by atoms with Gasteiger partial charge in [-0.05, 0) is 43.5 Å². The van der Waals surface area contributed by atoms with Crippen LogP contribution in [-0.4, -0.2) is 30.6 Å². The van der Waals surface area contributed by atoms with E-state index in [0.29, 0.717) is 12.0 Å². The Labute approximate surface area is 117 Å². The lowest BCUT2D eigenvalue weighted by Crippen LogP contribution is -2.44. The molecule has 1 heterocycles. The summed E-state index contributed by atoms with van der Waals surface area (Å²) in [6.07, 6.45) is 2.71. The van der Waals surface area contributed by atoms with Gasteiger partial charge >= 0.3 is 0 Å². The fraction of sp³-hybridized carbons (Fsp3) is 0.625. The summed E-state index contributed by atoms with van der Waals surface area (Å²) >= 11 is 0. The molecule has 2 rings (SSSR count). The van der Waals surface area contributed by atoms with E-state index < -0.39 is 0 Å². The van der Waals surface area contributed by atoms with E-state index in [4.69, 9.17) is 5.73 Å². The number of nitrogen functional groups attached to an aromatic ring is 1. The molecule has 0 aromatic heterocycles. The molecule has 0 bridgehead atoms. The fourth-order valence-electron chi connectivity index (χ4n) is 2.91. The van der Waals surface area contributed by atoms with Gasteiger partial charge in [0, 0.05) is 24.8 Å². The van der Waals surface area contributed by atoms with Crippen LogP contribution < -0.4 is 11.1 Å². The molecule has 0 spiro atoms. The van der Waals surface area contributed by atoms with Crippen LogP contribution in [0.4, 0.5) is 5.69 Å². The molecular weight excluding hydrogens is 234 g/mol. The third-order valence-electron chi connectivity index (χ3n) is 4.10. The first-order valence-electron chi connectivity index (χ1n) is 7.46. The van der Waals surface area contributed by atoms with Crippen LogP contribution in [0, 0.1) is 5.92 Å². The van der Waals surface area contributed by atoms with E-state index in [1.807, 2.05) is 18.2 Å². The van der Waals surface area contributed by atoms with Crippen LogP contribution in [0.2, 0.25) is 0 Å². The van der Waals surface area contributed by atoms with Crippen molar-refractivity contribution in [2.45, 2.75) is 39.3 Å². The van der Waals surface area contributed by atoms with Crippen molar-refractivity contribution in [3.63, 3.8) is 0 Å². The van der Waals surface area contributed by atoms with Crippen molar-refractivity contribution in [1.82, 2.24) is 10.2 Å². The fourth-order valence-corrected chi connectivity index (χ4v) is 2.91. The molecule has 1 fully saturated rings. The van der Waals surface area contributed by atoms with Gasteiger partial charge in [-0.25, -0.2) is 0 Å². The van der Waals surface area contributed by atoms with Crippen LogP contribution in [0.5, 0.6) is 0 Å². The van der Waals surface area contributed by atoms with Crippen molar-refractivity contribution in [3.05, 3.63) is 29.8 Å². The number of nitrogens with one attached hydrogen (secondary N) is 1. The predicted octanol–water partition coefficient (Wildman–Crippen LogP) is 2.48. The molecule has 106 valence electrons. The lowest BCUT2D eigenvalue weighted by atomic mass is 10.0. The Hall–Kier alpha value is -1.06. The molecule has 1 aliphatic heterocycles. The van der Waals surface area contributed by atoms with Crippen molar-refractivity contribution >= 4 is 5.69 Å². The minimum Gasteiger partial charge on any atom is -0.398 e. The summed E-state index contributed by atoms with van der Waals surface area (Å²) in [7, 11) is 0. The second-order valence-electron chi connectivity index (χ2n) is 5.88. The normalized spacial score (nSPS) is 18.1. The molecule has 19 heavy (non-hydrogen) atoms. The Kier molecular flexibility index (Phi) is 5.23. The van der Waals surface area contributed by atoms with Crippen molar-refractivity contribution in [1.29, 1.82) is 0 Å². The molecule has 1 saturated heterocycles. The monoisotopic (exact) mass is 261 g/mol. The zero-order chi connectivity index (χ0) is 13.7. The van der Waals surface area contributed by atoms with Crippen LogP contribution in [-0.2, 0) is 6.54 Å². The predicted molar refractivity (Wildman–Crippen MR) is 82.0 cm³/mol. The molecule has 0 aliphatic carbocycles. The van der Waals surface area contributed by atoms with Gasteiger partial charge in [-0.3, -0.25) is 4.90 Å². The minimum absolute atomic E-state index is 0.646. The molecule has 0 amide bonds. The Bertz CT molecular complexity index is 383. The molecule has 1 aliphatic rings. The Morgan fingerprint density at radius 2 is 1.89 bits per heavy atom. The molecule has 3 nitrogen and oxygen atoms in total. The standard InChI is InChI=1S/C16H27N3/c1-13(2)16(19-9-5-6-10-19)12-18-11-14-7-3-4-8-15(14)17/h3-4,7-8,13,16,18H,5-6,9-12,17H2,1-2H3. The number of nitrogens with zero attached hydrogens (tertiary/aromatic N) is 1. The highest BCUT2D eigenvalue weighted by atomic mass is 15.2. The number of nitrogens with two attached hydrogens (primary N) is 1. The van der Waals surface area contributed by atoms with Crippen LogP contribution in [0.3, 0.4) is 0 Å². The molecule has 0 radical (unpaired) electrons. The first kappa shape index (κ1) is 14.4. The second kappa shape index (κ2) is 6.92. The van der Waals surface area contributed by atoms with Crippen molar-refractivity contribution in [2.75, 3.05) is 25.4 Å². The average Bonchev–Trinajstić information content (AvgIpc) is 2.89. The highest BCUT2D eigenvalue weighted by Gasteiger charge is 2.23. The van der Waals surface area contributed by atoms with Gasteiger partial charge in [0.2, 0.25) is 0 Å². The van der Waals surface area contributed by atoms with Gasteiger partial charge in [0.05, 0.1) is 0 Å². The number of para-hydroxylation sites is 1. The van der Waals surface area contributed by atoms with Gasteiger partial charge in [-0.1, -0.05) is 32.0 Å². The van der Waals surface area contributed by atoms with E-state index >= 15 is 0 Å². The summed E-state index contributed by atoms with van der Waals surface area (Å²) in [6.45, 7) is 9.08. The lowest BCUT2D eigenvalue weighted by molar-refractivity contribution is 0.186. The van der Waals surface area contributed by atoms with E-state index in [-0.39, 0.29) is 0 Å². The Morgan fingerprint density at radius 1 is 1.21 bits per heavy atom. The first-order chi connectivity index (χ1) is 9.18. The molecular formula is C16H27N3. The number of hydrogen-bond acceptors (Lipinski definition) is 3. The van der Waals surface area contributed by atoms with Gasteiger partial charge in [0.25, 0.3) is 0 Å². The minimum atomic E-state index is 0.646. The van der Waals surface area contributed by atoms with E-state index in [1.165, 1.54) is 31.5 Å². The van der Waals surface area contributed by atoms with E-state index in [9.17, 15) is 0 Å². The number of anilines is 1. The van der Waals surface area contributed by atoms with Gasteiger partial charge in [-0.15, -0.1) is 0 Å². The highest BCUT2D eigenvalue weighted by molar-refractivity contribution is 5.46. The molecule has 0 saturated carbocycles. The van der Waals surface area contributed by atoms with Crippen LogP contribution in [0.1, 0.15) is 32.3 Å². The van der Waals surface area contributed by atoms with Crippen LogP contribution in [0.25, 0.3) is 0 Å². The maximum absolute atomic E-state index is 5.97. The number of benzene rings is 1. The molecule has 3 N–H and O–H groups in total. The van der Waals surface area contributed by atoms with Gasteiger partial charge in [0.1, 0.15) is 0 Å². The second-order valence-corrected chi connectivity index (χ2v) is 5.88. The van der Waals surface area contributed by atoms with Crippen LogP contribution >= 0.6 is 0 Å². The third-order valence-corrected chi connectivity index (χ3v) is 4.10. The summed E-state index contributed by atoms with van der Waals surface area (Å²) in [5.41, 5.74) is 8.06. The Morgan fingerprint density at radius 3 is 2.53 bits per heavy atom.